The van der Waals surface area contributed by atoms with E-state index in [2.05, 4.69) is 5.32 Å². The van der Waals surface area contributed by atoms with E-state index in [1.54, 1.807) is 85.9 Å². The Kier molecular flexibility index (Phi) is 18.6. The van der Waals surface area contributed by atoms with Gasteiger partial charge >= 0.3 is 11.9 Å². The molecule has 4 aromatic carbocycles. The Labute approximate surface area is 425 Å². The van der Waals surface area contributed by atoms with Crippen LogP contribution < -0.4 is 16.6 Å². The smallest absolute Gasteiger partial charge is 0.308 e. The van der Waals surface area contributed by atoms with Crippen LogP contribution in [-0.4, -0.2) is 66.3 Å². The number of hydrogen-bond acceptors (Lipinski definition) is 8. The second-order valence-corrected chi connectivity index (χ2v) is 20.3. The van der Waals surface area contributed by atoms with Crippen LogP contribution in [-0.2, 0) is 30.3 Å². The summed E-state index contributed by atoms with van der Waals surface area (Å²) in [5.74, 6) is -4.39. The summed E-state index contributed by atoms with van der Waals surface area (Å²) in [6, 6.07) is 10.2. The SMILES string of the molecule is CCOC(=O)C[C@H](NC(=O)C(CC(C)C)n1cc(CCN2CC(CCOC(=O)C[C@H](N)c3cc(-c4c(C)cc(F)cc4C)cc(C)c3F)[C@@H](F)C2)c(C)cc1=O)c1cc(-c2c(C)cc(F)cc2C)cc(C)c1F. The quantitative estimate of drug-likeness (QED) is 0.0582. The first kappa shape index (κ1) is 56.1. The van der Waals surface area contributed by atoms with Crippen molar-refractivity contribution in [2.45, 2.75) is 126 Å². The zero-order valence-electron chi connectivity index (χ0n) is 43.6. The lowest BCUT2D eigenvalue weighted by Gasteiger charge is -2.27. The highest BCUT2D eigenvalue weighted by molar-refractivity contribution is 5.82. The van der Waals surface area contributed by atoms with Gasteiger partial charge in [0.25, 0.3) is 5.56 Å². The third-order valence-electron chi connectivity index (χ3n) is 13.9. The summed E-state index contributed by atoms with van der Waals surface area (Å²) < 4.78 is 87.6. The van der Waals surface area contributed by atoms with Crippen LogP contribution in [0.1, 0.15) is 120 Å². The number of nitrogens with one attached hydrogen (secondary N) is 1. The summed E-state index contributed by atoms with van der Waals surface area (Å²) >= 11 is 0. The van der Waals surface area contributed by atoms with Crippen molar-refractivity contribution in [3.8, 4) is 22.3 Å². The molecule has 2 heterocycles. The Bertz CT molecular complexity index is 2870. The maximum absolute atomic E-state index is 16.3. The van der Waals surface area contributed by atoms with Crippen LogP contribution in [0.3, 0.4) is 0 Å². The highest BCUT2D eigenvalue weighted by atomic mass is 19.1. The van der Waals surface area contributed by atoms with E-state index in [9.17, 15) is 28.0 Å². The van der Waals surface area contributed by atoms with Crippen LogP contribution in [0, 0.1) is 83.6 Å². The molecule has 5 aromatic rings. The molecule has 0 saturated carbocycles. The molecule has 392 valence electrons. The number of halogens is 5. The van der Waals surface area contributed by atoms with Gasteiger partial charge in [0, 0.05) is 55.0 Å². The van der Waals surface area contributed by atoms with Crippen LogP contribution in [0.5, 0.6) is 0 Å². The van der Waals surface area contributed by atoms with Crippen molar-refractivity contribution in [2.24, 2.45) is 17.6 Å². The number of rotatable bonds is 20. The monoisotopic (exact) mass is 1010 g/mol. The fraction of sp³-hybridized carbons (Fsp3) is 0.448. The average molecular weight is 1010 g/mol. The molecule has 3 N–H and O–H groups in total. The average Bonchev–Trinajstić information content (AvgIpc) is 3.64. The van der Waals surface area contributed by atoms with Crippen LogP contribution >= 0.6 is 0 Å². The van der Waals surface area contributed by atoms with Crippen LogP contribution in [0.25, 0.3) is 22.3 Å². The molecule has 6 rings (SSSR count). The lowest BCUT2D eigenvalue weighted by Crippen LogP contribution is -2.40. The number of likely N-dealkylation sites (tertiary alicyclic amines) is 1. The maximum atomic E-state index is 16.3. The van der Waals surface area contributed by atoms with Crippen molar-refractivity contribution >= 4 is 17.8 Å². The number of hydrogen-bond donors (Lipinski definition) is 2. The highest BCUT2D eigenvalue weighted by Crippen LogP contribution is 2.36. The second-order valence-electron chi connectivity index (χ2n) is 20.3. The molecule has 2 unspecified atom stereocenters. The lowest BCUT2D eigenvalue weighted by atomic mass is 9.90. The number of carbonyl (C=O) groups excluding carboxylic acids is 3. The van der Waals surface area contributed by atoms with Gasteiger partial charge < -0.3 is 25.1 Å². The fourth-order valence-electron chi connectivity index (χ4n) is 10.3. The Balaban J connectivity index is 1.12. The number of nitrogens with zero attached hydrogens (tertiary/aromatic N) is 2. The van der Waals surface area contributed by atoms with Crippen LogP contribution in [0.4, 0.5) is 22.0 Å². The molecule has 1 aliphatic heterocycles. The number of carbonyl (C=O) groups is 3. The summed E-state index contributed by atoms with van der Waals surface area (Å²) in [5.41, 5.74) is 13.4. The molecule has 73 heavy (non-hydrogen) atoms. The predicted molar refractivity (Wildman–Crippen MR) is 274 cm³/mol. The first-order valence-corrected chi connectivity index (χ1v) is 25.1. The number of benzene rings is 4. The van der Waals surface area contributed by atoms with Crippen LogP contribution in [0.2, 0.25) is 0 Å². The molecule has 0 spiro atoms. The molecule has 5 atom stereocenters. The zero-order valence-corrected chi connectivity index (χ0v) is 43.6. The van der Waals surface area contributed by atoms with Crippen LogP contribution in [0.15, 0.2) is 65.6 Å². The molecular weight excluding hydrogens is 944 g/mol. The Morgan fingerprint density at radius 1 is 0.712 bits per heavy atom. The molecule has 1 saturated heterocycles. The van der Waals surface area contributed by atoms with E-state index in [0.717, 1.165) is 11.1 Å². The summed E-state index contributed by atoms with van der Waals surface area (Å²) in [4.78, 5) is 56.3. The molecule has 1 aromatic heterocycles. The van der Waals surface area contributed by atoms with Gasteiger partial charge in [-0.1, -0.05) is 13.8 Å². The molecule has 0 bridgehead atoms. The standard InChI is InChI=1S/C58H69F5N4O6/c1-11-72-53(70)27-49(46-25-42(18-38(10)57(46)63)55-35(7)21-44(60)22-36(55)8)65-58(71)50(16-31(2)3)67-29-39(32(4)23-51(67)68)12-14-66-28-40(47(61)30-66)13-15-73-52(69)26-48(64)45-24-41(17-37(9)56(45)62)54-33(5)19-43(59)20-34(54)6/h17-25,29,31,40,47-50H,11-16,26-28,30,64H2,1-10H3,(H,65,71)/t40?,47-,48-,49-,50?/m0/s1. The van der Waals surface area contributed by atoms with Gasteiger partial charge in [-0.05, 0) is 196 Å². The van der Waals surface area contributed by atoms with E-state index in [1.165, 1.54) is 34.9 Å². The fourth-order valence-corrected chi connectivity index (χ4v) is 10.3. The van der Waals surface area contributed by atoms with Gasteiger partial charge in [0.05, 0.1) is 32.1 Å². The first-order valence-electron chi connectivity index (χ1n) is 25.1. The minimum Gasteiger partial charge on any atom is -0.466 e. The minimum absolute atomic E-state index is 0.0380. The van der Waals surface area contributed by atoms with E-state index in [1.807, 2.05) is 18.7 Å². The van der Waals surface area contributed by atoms with E-state index in [4.69, 9.17) is 15.2 Å². The molecule has 1 aliphatic rings. The van der Waals surface area contributed by atoms with Crippen molar-refractivity contribution in [2.75, 3.05) is 32.8 Å². The number of esters is 2. The van der Waals surface area contributed by atoms with E-state index in [0.29, 0.717) is 69.6 Å². The van der Waals surface area contributed by atoms with Gasteiger partial charge in [0.1, 0.15) is 35.5 Å². The molecule has 0 aliphatic carbocycles. The van der Waals surface area contributed by atoms with E-state index < -0.39 is 77.5 Å². The number of alkyl halides is 1. The number of aryl methyl sites for hydroxylation is 7. The summed E-state index contributed by atoms with van der Waals surface area (Å²) in [5, 5.41) is 2.90. The van der Waals surface area contributed by atoms with E-state index >= 15 is 13.2 Å². The summed E-state index contributed by atoms with van der Waals surface area (Å²) in [6.07, 6.45) is 0.626. The maximum Gasteiger partial charge on any atom is 0.308 e. The normalized spacial score (nSPS) is 16.1. The lowest BCUT2D eigenvalue weighted by molar-refractivity contribution is -0.145. The number of amides is 1. The van der Waals surface area contributed by atoms with Gasteiger partial charge in [-0.25, -0.2) is 22.0 Å². The first-order chi connectivity index (χ1) is 34.4. The summed E-state index contributed by atoms with van der Waals surface area (Å²) in [6.45, 7) is 18.4. The molecule has 0 radical (unpaired) electrons. The van der Waals surface area contributed by atoms with Crippen molar-refractivity contribution in [3.05, 3.63) is 150 Å². The van der Waals surface area contributed by atoms with E-state index in [-0.39, 0.29) is 67.4 Å². The van der Waals surface area contributed by atoms with Gasteiger partial charge in [-0.2, -0.15) is 0 Å². The minimum atomic E-state index is -1.20. The Morgan fingerprint density at radius 2 is 1.25 bits per heavy atom. The highest BCUT2D eigenvalue weighted by Gasteiger charge is 2.34. The predicted octanol–water partition coefficient (Wildman–Crippen LogP) is 11.1. The molecule has 15 heteroatoms. The van der Waals surface area contributed by atoms with Crippen molar-refractivity contribution < 1.29 is 45.8 Å². The Morgan fingerprint density at radius 3 is 1.79 bits per heavy atom. The largest absolute Gasteiger partial charge is 0.466 e. The second kappa shape index (κ2) is 24.2. The molecule has 1 fully saturated rings. The topological polar surface area (TPSA) is 133 Å². The van der Waals surface area contributed by atoms with Gasteiger partial charge in [-0.3, -0.25) is 24.1 Å². The van der Waals surface area contributed by atoms with Gasteiger partial charge in [-0.15, -0.1) is 0 Å². The molecule has 1 amide bonds. The zero-order chi connectivity index (χ0) is 53.6. The number of ether oxygens (including phenoxy) is 2. The number of nitrogens with two attached hydrogens (primary N) is 1. The van der Waals surface area contributed by atoms with Crippen molar-refractivity contribution in [1.82, 2.24) is 14.8 Å². The Hall–Kier alpha value is -6.19. The van der Waals surface area contributed by atoms with Crippen molar-refractivity contribution in [1.29, 1.82) is 0 Å². The van der Waals surface area contributed by atoms with Crippen molar-refractivity contribution in [3.63, 3.8) is 0 Å². The number of aromatic nitrogens is 1. The summed E-state index contributed by atoms with van der Waals surface area (Å²) in [7, 11) is 0. The molecule has 10 nitrogen and oxygen atoms in total. The van der Waals surface area contributed by atoms with Gasteiger partial charge in [0.15, 0.2) is 0 Å². The number of pyridine rings is 1. The third-order valence-corrected chi connectivity index (χ3v) is 13.9. The molecular formula is C58H69F5N4O6. The van der Waals surface area contributed by atoms with Gasteiger partial charge in [0.2, 0.25) is 5.91 Å². The third kappa shape index (κ3) is 13.7.